The number of pyridine rings is 1. The van der Waals surface area contributed by atoms with Crippen molar-refractivity contribution in [2.45, 2.75) is 19.4 Å². The van der Waals surface area contributed by atoms with Crippen LogP contribution in [0.15, 0.2) is 12.3 Å². The van der Waals surface area contributed by atoms with Crippen LogP contribution in [0.3, 0.4) is 0 Å². The molecular formula is C8H13ClN4. The summed E-state index contributed by atoms with van der Waals surface area (Å²) < 4.78 is 0. The topological polar surface area (TPSA) is 77.0 Å². The second-order valence-corrected chi connectivity index (χ2v) is 3.19. The molecule has 5 N–H and O–H groups in total. The highest BCUT2D eigenvalue weighted by Gasteiger charge is 2.11. The molecular weight excluding hydrogens is 188 g/mol. The molecule has 0 aliphatic rings. The average molecular weight is 201 g/mol. The summed E-state index contributed by atoms with van der Waals surface area (Å²) in [5.41, 5.74) is 9.18. The van der Waals surface area contributed by atoms with Gasteiger partial charge in [-0.15, -0.1) is 0 Å². The maximum Gasteiger partial charge on any atom is 0.128 e. The smallest absolute Gasteiger partial charge is 0.128 e. The van der Waals surface area contributed by atoms with Crippen molar-refractivity contribution < 1.29 is 0 Å². The number of hydrogen-bond acceptors (Lipinski definition) is 4. The van der Waals surface area contributed by atoms with E-state index in [1.807, 2.05) is 6.92 Å². The fraction of sp³-hybridized carbons (Fsp3) is 0.375. The lowest BCUT2D eigenvalue weighted by Gasteiger charge is -2.15. The van der Waals surface area contributed by atoms with Gasteiger partial charge in [-0.1, -0.05) is 18.5 Å². The molecule has 1 unspecified atom stereocenters. The first-order valence-electron chi connectivity index (χ1n) is 4.06. The molecule has 0 saturated heterocycles. The molecule has 1 atom stereocenters. The van der Waals surface area contributed by atoms with Crippen LogP contribution >= 0.6 is 11.6 Å². The predicted octanol–water partition coefficient (Wildman–Crippen LogP) is 1.23. The first-order chi connectivity index (χ1) is 6.19. The summed E-state index contributed by atoms with van der Waals surface area (Å²) in [5, 5.41) is 0.568. The van der Waals surface area contributed by atoms with Gasteiger partial charge in [0.1, 0.15) is 5.82 Å². The third kappa shape index (κ3) is 2.30. The van der Waals surface area contributed by atoms with Crippen LogP contribution in [0.4, 0.5) is 5.82 Å². The first-order valence-corrected chi connectivity index (χ1v) is 4.43. The molecule has 5 heteroatoms. The van der Waals surface area contributed by atoms with E-state index in [1.165, 1.54) is 6.20 Å². The zero-order valence-electron chi connectivity index (χ0n) is 7.42. The number of aromatic nitrogens is 1. The van der Waals surface area contributed by atoms with Crippen LogP contribution in [0, 0.1) is 0 Å². The zero-order chi connectivity index (χ0) is 9.84. The minimum absolute atomic E-state index is 0.00574. The summed E-state index contributed by atoms with van der Waals surface area (Å²) in [6.45, 7) is 2.00. The summed E-state index contributed by atoms with van der Waals surface area (Å²) in [6, 6.07) is 1.78. The molecule has 4 nitrogen and oxygen atoms in total. The van der Waals surface area contributed by atoms with Gasteiger partial charge >= 0.3 is 0 Å². The Kier molecular flexibility index (Phi) is 3.48. The minimum Gasteiger partial charge on any atom is -0.383 e. The second-order valence-electron chi connectivity index (χ2n) is 2.76. The van der Waals surface area contributed by atoms with Gasteiger partial charge < -0.3 is 5.73 Å². The molecule has 0 aromatic carbocycles. The Balaban J connectivity index is 3.03. The van der Waals surface area contributed by atoms with Gasteiger partial charge in [0.2, 0.25) is 0 Å². The van der Waals surface area contributed by atoms with Crippen molar-refractivity contribution in [2.75, 3.05) is 5.73 Å². The Hall–Kier alpha value is -0.840. The predicted molar refractivity (Wildman–Crippen MR) is 54.0 cm³/mol. The van der Waals surface area contributed by atoms with Gasteiger partial charge in [0, 0.05) is 17.8 Å². The lowest BCUT2D eigenvalue weighted by molar-refractivity contribution is 0.539. The number of nitrogens with zero attached hydrogens (tertiary/aromatic N) is 1. The van der Waals surface area contributed by atoms with E-state index in [0.29, 0.717) is 10.8 Å². The largest absolute Gasteiger partial charge is 0.383 e. The van der Waals surface area contributed by atoms with E-state index in [0.717, 1.165) is 12.0 Å². The van der Waals surface area contributed by atoms with Crippen LogP contribution in [0.25, 0.3) is 0 Å². The van der Waals surface area contributed by atoms with Crippen molar-refractivity contribution in [2.24, 2.45) is 5.84 Å². The summed E-state index contributed by atoms with van der Waals surface area (Å²) >= 11 is 5.79. The maximum atomic E-state index is 5.79. The van der Waals surface area contributed by atoms with Gasteiger partial charge in [0.05, 0.1) is 5.02 Å². The number of anilines is 1. The van der Waals surface area contributed by atoms with Gasteiger partial charge in [-0.2, -0.15) is 0 Å². The standard InChI is InChI=1S/C8H13ClN4/c1-2-7(13-11)6-3-5(9)4-12-8(6)10/h3-4,7,13H,2,11H2,1H3,(H2,10,12). The molecule has 1 rings (SSSR count). The van der Waals surface area contributed by atoms with Gasteiger partial charge in [0.25, 0.3) is 0 Å². The number of nitrogens with two attached hydrogens (primary N) is 2. The van der Waals surface area contributed by atoms with E-state index >= 15 is 0 Å². The molecule has 0 fully saturated rings. The van der Waals surface area contributed by atoms with Crippen molar-refractivity contribution in [1.29, 1.82) is 0 Å². The molecule has 0 amide bonds. The van der Waals surface area contributed by atoms with Crippen LogP contribution < -0.4 is 17.0 Å². The number of hydrogen-bond donors (Lipinski definition) is 3. The fourth-order valence-corrected chi connectivity index (χ4v) is 1.34. The molecule has 0 saturated carbocycles. The van der Waals surface area contributed by atoms with E-state index in [1.54, 1.807) is 6.07 Å². The molecule has 0 spiro atoms. The summed E-state index contributed by atoms with van der Waals surface area (Å²) in [6.07, 6.45) is 2.35. The molecule has 13 heavy (non-hydrogen) atoms. The maximum absolute atomic E-state index is 5.79. The Labute approximate surface area is 82.2 Å². The van der Waals surface area contributed by atoms with Crippen molar-refractivity contribution >= 4 is 17.4 Å². The van der Waals surface area contributed by atoms with Crippen LogP contribution in [-0.4, -0.2) is 4.98 Å². The molecule has 0 aliphatic heterocycles. The Bertz CT molecular complexity index is 285. The quantitative estimate of drug-likeness (QED) is 0.507. The lowest BCUT2D eigenvalue weighted by atomic mass is 10.1. The normalized spacial score (nSPS) is 12.8. The number of rotatable bonds is 3. The van der Waals surface area contributed by atoms with E-state index in [2.05, 4.69) is 10.4 Å². The van der Waals surface area contributed by atoms with Crippen molar-refractivity contribution in [1.82, 2.24) is 10.4 Å². The molecule has 0 radical (unpaired) electrons. The molecule has 0 aliphatic carbocycles. The highest BCUT2D eigenvalue weighted by molar-refractivity contribution is 6.30. The molecule has 0 bridgehead atoms. The van der Waals surface area contributed by atoms with E-state index < -0.39 is 0 Å². The van der Waals surface area contributed by atoms with Gasteiger partial charge in [-0.3, -0.25) is 11.3 Å². The summed E-state index contributed by atoms with van der Waals surface area (Å²) in [4.78, 5) is 3.95. The van der Waals surface area contributed by atoms with Crippen molar-refractivity contribution in [3.63, 3.8) is 0 Å². The van der Waals surface area contributed by atoms with Gasteiger partial charge in [-0.25, -0.2) is 4.98 Å². The highest BCUT2D eigenvalue weighted by atomic mass is 35.5. The summed E-state index contributed by atoms with van der Waals surface area (Å²) in [7, 11) is 0. The Morgan fingerprint density at radius 2 is 2.38 bits per heavy atom. The van der Waals surface area contributed by atoms with E-state index in [-0.39, 0.29) is 6.04 Å². The minimum atomic E-state index is 0.00574. The lowest BCUT2D eigenvalue weighted by Crippen LogP contribution is -2.28. The van der Waals surface area contributed by atoms with Crippen LogP contribution in [-0.2, 0) is 0 Å². The van der Waals surface area contributed by atoms with Gasteiger partial charge in [-0.05, 0) is 12.5 Å². The molecule has 1 aromatic heterocycles. The third-order valence-corrected chi connectivity index (χ3v) is 2.11. The van der Waals surface area contributed by atoms with Crippen LogP contribution in [0.1, 0.15) is 24.9 Å². The monoisotopic (exact) mass is 200 g/mol. The first kappa shape index (κ1) is 10.2. The number of hydrazine groups is 1. The Morgan fingerprint density at radius 1 is 1.69 bits per heavy atom. The average Bonchev–Trinajstić information content (AvgIpc) is 2.13. The van der Waals surface area contributed by atoms with Crippen molar-refractivity contribution in [3.05, 3.63) is 22.8 Å². The number of nitrogens with one attached hydrogen (secondary N) is 1. The molecule has 1 heterocycles. The van der Waals surface area contributed by atoms with Crippen LogP contribution in [0.2, 0.25) is 5.02 Å². The third-order valence-electron chi connectivity index (χ3n) is 1.90. The van der Waals surface area contributed by atoms with Crippen molar-refractivity contribution in [3.8, 4) is 0 Å². The molecule has 1 aromatic rings. The fourth-order valence-electron chi connectivity index (χ4n) is 1.17. The highest BCUT2D eigenvalue weighted by Crippen LogP contribution is 2.23. The summed E-state index contributed by atoms with van der Waals surface area (Å²) in [5.74, 6) is 5.82. The second kappa shape index (κ2) is 4.41. The van der Waals surface area contributed by atoms with E-state index in [4.69, 9.17) is 23.2 Å². The Morgan fingerprint density at radius 3 is 2.92 bits per heavy atom. The number of nitrogen functional groups attached to an aromatic ring is 1. The van der Waals surface area contributed by atoms with E-state index in [9.17, 15) is 0 Å². The van der Waals surface area contributed by atoms with Gasteiger partial charge in [0.15, 0.2) is 0 Å². The molecule has 72 valence electrons. The zero-order valence-corrected chi connectivity index (χ0v) is 8.17. The van der Waals surface area contributed by atoms with Crippen LogP contribution in [0.5, 0.6) is 0 Å². The SMILES string of the molecule is CCC(NN)c1cc(Cl)cnc1N. The number of halogens is 1.